The van der Waals surface area contributed by atoms with Crippen molar-refractivity contribution in [3.63, 3.8) is 0 Å². The summed E-state index contributed by atoms with van der Waals surface area (Å²) in [4.78, 5) is 7.25. The normalized spacial score (nSPS) is 19.3. The average Bonchev–Trinajstić information content (AvgIpc) is 3.61. The Morgan fingerprint density at radius 2 is 1.97 bits per heavy atom. The summed E-state index contributed by atoms with van der Waals surface area (Å²) >= 11 is 3.39. The van der Waals surface area contributed by atoms with Gasteiger partial charge in [0.05, 0.1) is 25.5 Å². The van der Waals surface area contributed by atoms with E-state index in [1.165, 1.54) is 12.8 Å². The predicted molar refractivity (Wildman–Crippen MR) is 133 cm³/mol. The smallest absolute Gasteiger partial charge is 0.228 e. The van der Waals surface area contributed by atoms with Gasteiger partial charge in [-0.3, -0.25) is 4.57 Å². The van der Waals surface area contributed by atoms with E-state index in [1.54, 1.807) is 30.2 Å². The van der Waals surface area contributed by atoms with Crippen LogP contribution in [-0.4, -0.2) is 52.7 Å². The second-order valence-corrected chi connectivity index (χ2v) is 10.7. The quantitative estimate of drug-likeness (QED) is 0.410. The maximum Gasteiger partial charge on any atom is 0.228 e. The maximum absolute atomic E-state index is 5.95. The van der Waals surface area contributed by atoms with Gasteiger partial charge in [0.2, 0.25) is 5.95 Å². The molecule has 2 aromatic heterocycles. The Morgan fingerprint density at radius 3 is 2.70 bits per heavy atom. The Labute approximate surface area is 203 Å². The van der Waals surface area contributed by atoms with Crippen LogP contribution in [0.15, 0.2) is 34.8 Å². The largest absolute Gasteiger partial charge is 0.497 e. The molecule has 176 valence electrons. The van der Waals surface area contributed by atoms with Gasteiger partial charge < -0.3 is 14.4 Å². The number of hydrogen-bond donors (Lipinski definition) is 0. The summed E-state index contributed by atoms with van der Waals surface area (Å²) in [5.74, 6) is 3.41. The topological polar surface area (TPSA) is 65.3 Å². The van der Waals surface area contributed by atoms with Crippen molar-refractivity contribution in [3.05, 3.63) is 35.3 Å². The third kappa shape index (κ3) is 5.36. The van der Waals surface area contributed by atoms with E-state index in [9.17, 15) is 0 Å². The molecule has 1 aromatic carbocycles. The van der Waals surface area contributed by atoms with Gasteiger partial charge in [0.15, 0.2) is 5.16 Å². The summed E-state index contributed by atoms with van der Waals surface area (Å²) in [5, 5.41) is 13.3. The van der Waals surface area contributed by atoms with E-state index in [4.69, 9.17) is 14.5 Å². The van der Waals surface area contributed by atoms with Crippen molar-refractivity contribution >= 4 is 29.0 Å². The molecule has 0 spiro atoms. The van der Waals surface area contributed by atoms with Crippen molar-refractivity contribution in [2.75, 3.05) is 31.7 Å². The summed E-state index contributed by atoms with van der Waals surface area (Å²) < 4.78 is 13.5. The molecule has 0 radical (unpaired) electrons. The number of aromatic nitrogens is 4. The van der Waals surface area contributed by atoms with Crippen molar-refractivity contribution in [1.29, 1.82) is 0 Å². The SMILES string of the molecule is COc1ccc(-c2nc(CSc3nnc(N4CCC(C)CC4)n3CC3CCCO3)cs2)cc1. The van der Waals surface area contributed by atoms with E-state index >= 15 is 0 Å². The summed E-state index contributed by atoms with van der Waals surface area (Å²) in [6, 6.07) is 8.06. The van der Waals surface area contributed by atoms with E-state index in [2.05, 4.69) is 44.1 Å². The molecule has 2 fully saturated rings. The molecule has 9 heteroatoms. The van der Waals surface area contributed by atoms with Gasteiger partial charge in [0, 0.05) is 36.4 Å². The molecule has 7 nitrogen and oxygen atoms in total. The molecule has 2 saturated heterocycles. The maximum atomic E-state index is 5.95. The lowest BCUT2D eigenvalue weighted by molar-refractivity contribution is 0.0951. The van der Waals surface area contributed by atoms with Crippen molar-refractivity contribution in [3.8, 4) is 16.3 Å². The van der Waals surface area contributed by atoms with E-state index in [-0.39, 0.29) is 6.10 Å². The van der Waals surface area contributed by atoms with E-state index < -0.39 is 0 Å². The lowest BCUT2D eigenvalue weighted by atomic mass is 10.00. The minimum absolute atomic E-state index is 0.253. The third-order valence-electron chi connectivity index (χ3n) is 6.41. The molecule has 4 heterocycles. The number of anilines is 1. The number of thiazole rings is 1. The average molecular weight is 486 g/mol. The summed E-state index contributed by atoms with van der Waals surface area (Å²) in [5.41, 5.74) is 2.18. The van der Waals surface area contributed by atoms with Gasteiger partial charge in [-0.05, 0) is 55.9 Å². The zero-order valence-electron chi connectivity index (χ0n) is 19.3. The molecule has 2 aliphatic rings. The molecular weight excluding hydrogens is 454 g/mol. The zero-order valence-corrected chi connectivity index (χ0v) is 20.9. The number of thioether (sulfide) groups is 1. The van der Waals surface area contributed by atoms with Crippen LogP contribution in [0.1, 0.15) is 38.3 Å². The highest BCUT2D eigenvalue weighted by molar-refractivity contribution is 7.98. The lowest BCUT2D eigenvalue weighted by Gasteiger charge is -2.31. The van der Waals surface area contributed by atoms with Crippen LogP contribution in [0.3, 0.4) is 0 Å². The summed E-state index contributed by atoms with van der Waals surface area (Å²) in [6.07, 6.45) is 4.92. The van der Waals surface area contributed by atoms with Gasteiger partial charge in [-0.2, -0.15) is 0 Å². The fraction of sp³-hybridized carbons (Fsp3) is 0.542. The first-order chi connectivity index (χ1) is 16.2. The molecule has 5 rings (SSSR count). The van der Waals surface area contributed by atoms with Gasteiger partial charge in [0.1, 0.15) is 10.8 Å². The van der Waals surface area contributed by atoms with Gasteiger partial charge in [-0.15, -0.1) is 21.5 Å². The molecule has 1 unspecified atom stereocenters. The van der Waals surface area contributed by atoms with Crippen LogP contribution in [0.4, 0.5) is 5.95 Å². The Bertz CT molecular complexity index is 1040. The number of methoxy groups -OCH3 is 1. The number of piperidine rings is 1. The summed E-state index contributed by atoms with van der Waals surface area (Å²) in [6.45, 7) is 6.12. The summed E-state index contributed by atoms with van der Waals surface area (Å²) in [7, 11) is 1.68. The minimum Gasteiger partial charge on any atom is -0.497 e. The predicted octanol–water partition coefficient (Wildman–Crippen LogP) is 5.12. The zero-order chi connectivity index (χ0) is 22.6. The van der Waals surface area contributed by atoms with Gasteiger partial charge >= 0.3 is 0 Å². The molecule has 33 heavy (non-hydrogen) atoms. The van der Waals surface area contributed by atoms with Crippen molar-refractivity contribution in [1.82, 2.24) is 19.7 Å². The number of nitrogens with zero attached hydrogens (tertiary/aromatic N) is 5. The molecule has 1 atom stereocenters. The fourth-order valence-electron chi connectivity index (χ4n) is 4.36. The van der Waals surface area contributed by atoms with E-state index in [1.807, 2.05) is 12.1 Å². The molecule has 3 aromatic rings. The second-order valence-electron chi connectivity index (χ2n) is 8.86. The molecule has 0 amide bonds. The Morgan fingerprint density at radius 1 is 1.15 bits per heavy atom. The van der Waals surface area contributed by atoms with Crippen LogP contribution >= 0.6 is 23.1 Å². The van der Waals surface area contributed by atoms with Crippen LogP contribution in [0.25, 0.3) is 10.6 Å². The number of ether oxygens (including phenoxy) is 2. The number of benzene rings is 1. The first-order valence-electron chi connectivity index (χ1n) is 11.7. The molecular formula is C24H31N5O2S2. The third-order valence-corrected chi connectivity index (χ3v) is 8.35. The molecule has 0 aliphatic carbocycles. The molecule has 0 N–H and O–H groups in total. The second kappa shape index (κ2) is 10.4. The Balaban J connectivity index is 1.30. The van der Waals surface area contributed by atoms with E-state index in [0.717, 1.165) is 83.9 Å². The fourth-order valence-corrected chi connectivity index (χ4v) is 6.13. The number of rotatable bonds is 8. The first kappa shape index (κ1) is 22.7. The van der Waals surface area contributed by atoms with Crippen molar-refractivity contribution in [2.24, 2.45) is 5.92 Å². The van der Waals surface area contributed by atoms with Crippen LogP contribution in [0.2, 0.25) is 0 Å². The Hall–Kier alpha value is -2.10. The van der Waals surface area contributed by atoms with Crippen LogP contribution in [0, 0.1) is 5.92 Å². The standard InChI is InChI=1S/C24H31N5O2S2/c1-17-9-11-28(12-10-17)23-26-27-24(29(23)14-21-4-3-13-31-21)33-16-19-15-32-22(25-19)18-5-7-20(30-2)8-6-18/h5-8,15,17,21H,3-4,9-14,16H2,1-2H3. The highest BCUT2D eigenvalue weighted by Crippen LogP contribution is 2.31. The lowest BCUT2D eigenvalue weighted by Crippen LogP contribution is -2.35. The van der Waals surface area contributed by atoms with Crippen LogP contribution < -0.4 is 9.64 Å². The van der Waals surface area contributed by atoms with Crippen LogP contribution in [0.5, 0.6) is 5.75 Å². The Kier molecular flexibility index (Phi) is 7.18. The van der Waals surface area contributed by atoms with Crippen molar-refractivity contribution in [2.45, 2.75) is 56.2 Å². The minimum atomic E-state index is 0.253. The molecule has 2 aliphatic heterocycles. The first-order valence-corrected chi connectivity index (χ1v) is 13.6. The highest BCUT2D eigenvalue weighted by Gasteiger charge is 2.26. The monoisotopic (exact) mass is 485 g/mol. The number of hydrogen-bond acceptors (Lipinski definition) is 8. The molecule has 0 saturated carbocycles. The van der Waals surface area contributed by atoms with Gasteiger partial charge in [0.25, 0.3) is 0 Å². The van der Waals surface area contributed by atoms with E-state index in [0.29, 0.717) is 0 Å². The van der Waals surface area contributed by atoms with Crippen molar-refractivity contribution < 1.29 is 9.47 Å². The van der Waals surface area contributed by atoms with Crippen LogP contribution in [-0.2, 0) is 17.0 Å². The molecule has 0 bridgehead atoms. The van der Waals surface area contributed by atoms with Gasteiger partial charge in [-0.25, -0.2) is 4.98 Å². The van der Waals surface area contributed by atoms with Gasteiger partial charge in [-0.1, -0.05) is 18.7 Å². The highest BCUT2D eigenvalue weighted by atomic mass is 32.2.